The lowest BCUT2D eigenvalue weighted by Crippen LogP contribution is -2.04. The molecule has 0 bridgehead atoms. The van der Waals surface area contributed by atoms with Crippen LogP contribution in [0.15, 0.2) is 90.8 Å². The summed E-state index contributed by atoms with van der Waals surface area (Å²) in [5, 5.41) is 0. The number of fused-ring (bicyclic) bond motifs is 3. The number of nitrogens with zero attached hydrogens (tertiary/aromatic N) is 1. The third-order valence-electron chi connectivity index (χ3n) is 6.33. The molecule has 0 saturated heterocycles. The molecule has 1 unspecified atom stereocenters. The number of hydrogen-bond donors (Lipinski definition) is 0. The van der Waals surface area contributed by atoms with Crippen LogP contribution in [0.2, 0.25) is 0 Å². The summed E-state index contributed by atoms with van der Waals surface area (Å²) in [5.74, 6) is 0.491. The Morgan fingerprint density at radius 3 is 2.14 bits per heavy atom. The van der Waals surface area contributed by atoms with Gasteiger partial charge in [0.1, 0.15) is 0 Å². The minimum absolute atomic E-state index is 0.491. The van der Waals surface area contributed by atoms with Crippen LogP contribution in [-0.2, 0) is 12.8 Å². The van der Waals surface area contributed by atoms with Crippen LogP contribution in [0.4, 0.5) is 0 Å². The molecular weight excluding hydrogens is 350 g/mol. The van der Waals surface area contributed by atoms with Crippen molar-refractivity contribution in [2.75, 3.05) is 0 Å². The van der Waals surface area contributed by atoms with E-state index in [0.29, 0.717) is 5.92 Å². The quantitative estimate of drug-likeness (QED) is 0.467. The lowest BCUT2D eigenvalue weighted by Gasteiger charge is -2.22. The Kier molecular flexibility index (Phi) is 4.52. The molecule has 0 saturated carbocycles. The summed E-state index contributed by atoms with van der Waals surface area (Å²) in [6.07, 6.45) is 15.0. The summed E-state index contributed by atoms with van der Waals surface area (Å²) in [6.45, 7) is 4.46. The van der Waals surface area contributed by atoms with Gasteiger partial charge in [0.2, 0.25) is 0 Å². The van der Waals surface area contributed by atoms with Crippen molar-refractivity contribution >= 4 is 5.57 Å². The highest BCUT2D eigenvalue weighted by Crippen LogP contribution is 2.38. The summed E-state index contributed by atoms with van der Waals surface area (Å²) in [7, 11) is 0. The molecule has 0 radical (unpaired) electrons. The van der Waals surface area contributed by atoms with E-state index in [1.807, 2.05) is 12.4 Å². The molecule has 2 aliphatic carbocycles. The average Bonchev–Trinajstić information content (AvgIpc) is 2.94. The van der Waals surface area contributed by atoms with E-state index in [2.05, 4.69) is 91.7 Å². The standard InChI is InChI=1S/C28H25N/c1-19-3-5-21(6-4-20(19)2)25-11-9-23-7-8-24-10-12-26(18-28(24)27(23)17-25)22-13-15-29-16-14-22/h3-6,9-19H,7-8H2,1-2H3. The van der Waals surface area contributed by atoms with Gasteiger partial charge in [0, 0.05) is 12.4 Å². The molecule has 0 N–H and O–H groups in total. The first-order valence-corrected chi connectivity index (χ1v) is 10.4. The minimum Gasteiger partial charge on any atom is -0.265 e. The summed E-state index contributed by atoms with van der Waals surface area (Å²) in [4.78, 5) is 4.16. The molecule has 3 aromatic rings. The molecule has 142 valence electrons. The summed E-state index contributed by atoms with van der Waals surface area (Å²) >= 11 is 0. The minimum atomic E-state index is 0.491. The Morgan fingerprint density at radius 2 is 1.41 bits per heavy atom. The lowest BCUT2D eigenvalue weighted by molar-refractivity contribution is 0.865. The first kappa shape index (κ1) is 17.9. The maximum absolute atomic E-state index is 4.16. The van der Waals surface area contributed by atoms with Crippen molar-refractivity contribution in [2.24, 2.45) is 5.92 Å². The van der Waals surface area contributed by atoms with Gasteiger partial charge in [-0.2, -0.15) is 0 Å². The second-order valence-electron chi connectivity index (χ2n) is 8.16. The van der Waals surface area contributed by atoms with Crippen molar-refractivity contribution in [2.45, 2.75) is 26.7 Å². The highest BCUT2D eigenvalue weighted by Gasteiger charge is 2.18. The molecule has 1 atom stereocenters. The number of pyridine rings is 1. The summed E-state index contributed by atoms with van der Waals surface area (Å²) < 4.78 is 0. The Hall–Kier alpha value is -3.19. The molecule has 2 aliphatic rings. The van der Waals surface area contributed by atoms with Crippen LogP contribution >= 0.6 is 0 Å². The number of aromatic nitrogens is 1. The molecule has 0 fully saturated rings. The molecule has 0 aliphatic heterocycles. The van der Waals surface area contributed by atoms with Gasteiger partial charge >= 0.3 is 0 Å². The Labute approximate surface area is 173 Å². The second kappa shape index (κ2) is 7.33. The van der Waals surface area contributed by atoms with Crippen molar-refractivity contribution in [1.82, 2.24) is 4.98 Å². The topological polar surface area (TPSA) is 12.9 Å². The average molecular weight is 376 g/mol. The fraction of sp³-hybridized carbons (Fsp3) is 0.179. The first-order valence-electron chi connectivity index (χ1n) is 10.4. The lowest BCUT2D eigenvalue weighted by atomic mass is 9.82. The molecule has 5 rings (SSSR count). The number of allylic oxidation sites excluding steroid dienone is 6. The molecule has 0 spiro atoms. The van der Waals surface area contributed by atoms with E-state index in [1.54, 1.807) is 0 Å². The molecule has 2 aromatic carbocycles. The van der Waals surface area contributed by atoms with E-state index in [0.717, 1.165) is 12.8 Å². The Bertz CT molecular complexity index is 1160. The first-order chi connectivity index (χ1) is 14.2. The van der Waals surface area contributed by atoms with Crippen LogP contribution in [0.1, 0.15) is 30.5 Å². The van der Waals surface area contributed by atoms with Gasteiger partial charge in [-0.1, -0.05) is 61.1 Å². The number of aryl methyl sites for hydroxylation is 2. The van der Waals surface area contributed by atoms with Gasteiger partial charge in [0.25, 0.3) is 0 Å². The molecule has 1 aromatic heterocycles. The van der Waals surface area contributed by atoms with E-state index in [9.17, 15) is 0 Å². The zero-order chi connectivity index (χ0) is 19.8. The SMILES string of the molecule is CC1=CC=C(c2ccc3c(c2)-c2cc(-c4ccncc4)ccc2CC3)C=CC1C. The molecular formula is C28H25N. The molecule has 1 heterocycles. The van der Waals surface area contributed by atoms with Gasteiger partial charge in [-0.15, -0.1) is 0 Å². The van der Waals surface area contributed by atoms with Gasteiger partial charge in [-0.25, -0.2) is 0 Å². The van der Waals surface area contributed by atoms with Crippen LogP contribution in [0.25, 0.3) is 27.8 Å². The van der Waals surface area contributed by atoms with E-state index in [-0.39, 0.29) is 0 Å². The third kappa shape index (κ3) is 3.38. The highest BCUT2D eigenvalue weighted by atomic mass is 14.6. The third-order valence-corrected chi connectivity index (χ3v) is 6.33. The van der Waals surface area contributed by atoms with Crippen molar-refractivity contribution < 1.29 is 0 Å². The van der Waals surface area contributed by atoms with E-state index < -0.39 is 0 Å². The van der Waals surface area contributed by atoms with E-state index in [1.165, 1.54) is 50.1 Å². The maximum atomic E-state index is 4.16. The Morgan fingerprint density at radius 1 is 0.759 bits per heavy atom. The van der Waals surface area contributed by atoms with Crippen molar-refractivity contribution in [3.63, 3.8) is 0 Å². The normalized spacial score (nSPS) is 17.7. The van der Waals surface area contributed by atoms with Gasteiger partial charge in [0.15, 0.2) is 0 Å². The van der Waals surface area contributed by atoms with Crippen LogP contribution < -0.4 is 0 Å². The van der Waals surface area contributed by atoms with Gasteiger partial charge in [-0.05, 0) is 94.5 Å². The number of benzene rings is 2. The summed E-state index contributed by atoms with van der Waals surface area (Å²) in [5.41, 5.74) is 12.1. The van der Waals surface area contributed by atoms with E-state index >= 15 is 0 Å². The number of rotatable bonds is 2. The monoisotopic (exact) mass is 375 g/mol. The van der Waals surface area contributed by atoms with Crippen molar-refractivity contribution in [3.8, 4) is 22.3 Å². The zero-order valence-corrected chi connectivity index (χ0v) is 17.0. The largest absolute Gasteiger partial charge is 0.265 e. The fourth-order valence-electron chi connectivity index (χ4n) is 4.28. The molecule has 1 heteroatoms. The Balaban J connectivity index is 1.61. The van der Waals surface area contributed by atoms with Gasteiger partial charge < -0.3 is 0 Å². The second-order valence-corrected chi connectivity index (χ2v) is 8.16. The maximum Gasteiger partial charge on any atom is 0.0273 e. The van der Waals surface area contributed by atoms with Crippen LogP contribution in [0.5, 0.6) is 0 Å². The molecule has 0 amide bonds. The summed E-state index contributed by atoms with van der Waals surface area (Å²) in [6, 6.07) is 18.1. The highest BCUT2D eigenvalue weighted by molar-refractivity contribution is 5.84. The van der Waals surface area contributed by atoms with Crippen LogP contribution in [-0.4, -0.2) is 4.98 Å². The molecule has 29 heavy (non-hydrogen) atoms. The van der Waals surface area contributed by atoms with Crippen LogP contribution in [0, 0.1) is 5.92 Å². The number of hydrogen-bond acceptors (Lipinski definition) is 1. The van der Waals surface area contributed by atoms with Crippen molar-refractivity contribution in [1.29, 1.82) is 0 Å². The fourth-order valence-corrected chi connectivity index (χ4v) is 4.28. The predicted molar refractivity (Wildman–Crippen MR) is 123 cm³/mol. The smallest absolute Gasteiger partial charge is 0.0273 e. The van der Waals surface area contributed by atoms with Gasteiger partial charge in [-0.3, -0.25) is 4.98 Å². The van der Waals surface area contributed by atoms with Crippen molar-refractivity contribution in [3.05, 3.63) is 107 Å². The predicted octanol–water partition coefficient (Wildman–Crippen LogP) is 7.05. The van der Waals surface area contributed by atoms with E-state index in [4.69, 9.17) is 0 Å². The molecule has 1 nitrogen and oxygen atoms in total. The van der Waals surface area contributed by atoms with Crippen LogP contribution in [0.3, 0.4) is 0 Å². The van der Waals surface area contributed by atoms with Gasteiger partial charge in [0.05, 0.1) is 0 Å². The zero-order valence-electron chi connectivity index (χ0n) is 17.0.